The summed E-state index contributed by atoms with van der Waals surface area (Å²) in [6.07, 6.45) is 2.48. The molecule has 0 N–H and O–H groups in total. The number of carbonyl (C=O) groups excluding carboxylic acids is 2. The van der Waals surface area contributed by atoms with Gasteiger partial charge in [0.1, 0.15) is 6.54 Å². The van der Waals surface area contributed by atoms with Crippen LogP contribution in [0.3, 0.4) is 0 Å². The Kier molecular flexibility index (Phi) is 5.87. The molecule has 4 nitrogen and oxygen atoms in total. The van der Waals surface area contributed by atoms with Crippen molar-refractivity contribution in [3.63, 3.8) is 0 Å². The molecule has 1 aliphatic rings. The molecule has 0 spiro atoms. The molecule has 1 heterocycles. The zero-order valence-corrected chi connectivity index (χ0v) is 15.4. The van der Waals surface area contributed by atoms with E-state index < -0.39 is 0 Å². The van der Waals surface area contributed by atoms with Gasteiger partial charge in [0, 0.05) is 23.9 Å². The molecule has 25 heavy (non-hydrogen) atoms. The normalized spacial score (nSPS) is 13.5. The summed E-state index contributed by atoms with van der Waals surface area (Å²) in [6, 6.07) is 14.3. The van der Waals surface area contributed by atoms with Crippen LogP contribution < -0.4 is 0 Å². The molecule has 0 bridgehead atoms. The molecule has 0 radical (unpaired) electrons. The fourth-order valence-electron chi connectivity index (χ4n) is 2.88. The van der Waals surface area contributed by atoms with Gasteiger partial charge in [0.2, 0.25) is 11.8 Å². The predicted octanol–water partition coefficient (Wildman–Crippen LogP) is 3.68. The van der Waals surface area contributed by atoms with Crippen molar-refractivity contribution in [2.24, 2.45) is 0 Å². The van der Waals surface area contributed by atoms with E-state index in [1.165, 1.54) is 0 Å². The number of carbonyl (C=O) groups is 2. The molecule has 0 atom stereocenters. The third-order valence-electron chi connectivity index (χ3n) is 4.41. The Bertz CT molecular complexity index is 696. The lowest BCUT2D eigenvalue weighted by atomic mass is 10.2. The van der Waals surface area contributed by atoms with Gasteiger partial charge in [0.05, 0.1) is 6.54 Å². The summed E-state index contributed by atoms with van der Waals surface area (Å²) in [4.78, 5) is 29.9. The molecule has 0 saturated heterocycles. The first-order valence-electron chi connectivity index (χ1n) is 8.81. The maximum absolute atomic E-state index is 13.0. The SMILES string of the molecule is CCC(=O)N(CC(=O)N(Cc1ccccc1)Cc1cccs1)C1CC1. The highest BCUT2D eigenvalue weighted by molar-refractivity contribution is 7.09. The average Bonchev–Trinajstić information content (AvgIpc) is 3.35. The summed E-state index contributed by atoms with van der Waals surface area (Å²) in [5.41, 5.74) is 1.10. The third kappa shape index (κ3) is 4.92. The number of amides is 2. The molecule has 5 heteroatoms. The van der Waals surface area contributed by atoms with Gasteiger partial charge >= 0.3 is 0 Å². The number of hydrogen-bond donors (Lipinski definition) is 0. The molecule has 2 aromatic rings. The van der Waals surface area contributed by atoms with Gasteiger partial charge in [-0.2, -0.15) is 0 Å². The maximum atomic E-state index is 13.0. The Morgan fingerprint density at radius 1 is 1.04 bits per heavy atom. The Balaban J connectivity index is 1.72. The van der Waals surface area contributed by atoms with Crippen molar-refractivity contribution in [1.29, 1.82) is 0 Å². The molecule has 0 unspecified atom stereocenters. The van der Waals surface area contributed by atoms with Gasteiger partial charge in [0.15, 0.2) is 0 Å². The second-order valence-corrected chi connectivity index (χ2v) is 7.45. The minimum atomic E-state index is 0.0194. The van der Waals surface area contributed by atoms with E-state index in [1.54, 1.807) is 16.2 Å². The molecule has 1 aliphatic carbocycles. The van der Waals surface area contributed by atoms with Gasteiger partial charge in [-0.3, -0.25) is 9.59 Å². The summed E-state index contributed by atoms with van der Waals surface area (Å²) in [6.45, 7) is 3.20. The first-order valence-corrected chi connectivity index (χ1v) is 9.69. The molecule has 3 rings (SSSR count). The fourth-order valence-corrected chi connectivity index (χ4v) is 3.60. The van der Waals surface area contributed by atoms with Crippen molar-refractivity contribution in [3.05, 3.63) is 58.3 Å². The van der Waals surface area contributed by atoms with Crippen molar-refractivity contribution in [3.8, 4) is 0 Å². The minimum absolute atomic E-state index is 0.0194. The van der Waals surface area contributed by atoms with Crippen molar-refractivity contribution in [1.82, 2.24) is 9.80 Å². The lowest BCUT2D eigenvalue weighted by Gasteiger charge is -2.27. The highest BCUT2D eigenvalue weighted by Gasteiger charge is 2.34. The molecule has 0 aliphatic heterocycles. The summed E-state index contributed by atoms with van der Waals surface area (Å²) < 4.78 is 0. The largest absolute Gasteiger partial charge is 0.332 e. The molecule has 1 aromatic carbocycles. The lowest BCUT2D eigenvalue weighted by Crippen LogP contribution is -2.43. The standard InChI is InChI=1S/C20H24N2O2S/c1-2-19(23)22(17-10-11-17)15-20(24)21(14-18-9-6-12-25-18)13-16-7-4-3-5-8-16/h3-9,12,17H,2,10-11,13-15H2,1H3. The first-order chi connectivity index (χ1) is 12.2. The van der Waals surface area contributed by atoms with Crippen molar-refractivity contribution < 1.29 is 9.59 Å². The van der Waals surface area contributed by atoms with Crippen LogP contribution in [0.1, 0.15) is 36.6 Å². The van der Waals surface area contributed by atoms with Gasteiger partial charge in [-0.15, -0.1) is 11.3 Å². The second-order valence-electron chi connectivity index (χ2n) is 6.42. The Morgan fingerprint density at radius 2 is 1.80 bits per heavy atom. The van der Waals surface area contributed by atoms with Crippen LogP contribution in [0.5, 0.6) is 0 Å². The fraction of sp³-hybridized carbons (Fsp3) is 0.400. The van der Waals surface area contributed by atoms with Crippen molar-refractivity contribution in [2.45, 2.75) is 45.3 Å². The van der Waals surface area contributed by atoms with Crippen LogP contribution in [0, 0.1) is 0 Å². The summed E-state index contributed by atoms with van der Waals surface area (Å²) in [5.74, 6) is 0.0950. The lowest BCUT2D eigenvalue weighted by molar-refractivity contribution is -0.141. The van der Waals surface area contributed by atoms with E-state index in [9.17, 15) is 9.59 Å². The van der Waals surface area contributed by atoms with E-state index in [2.05, 4.69) is 0 Å². The average molecular weight is 356 g/mol. The van der Waals surface area contributed by atoms with Crippen molar-refractivity contribution >= 4 is 23.2 Å². The van der Waals surface area contributed by atoms with Crippen LogP contribution in [0.15, 0.2) is 47.8 Å². The zero-order valence-electron chi connectivity index (χ0n) is 14.6. The summed E-state index contributed by atoms with van der Waals surface area (Å²) in [7, 11) is 0. The van der Waals surface area contributed by atoms with Crippen LogP contribution in [-0.2, 0) is 22.7 Å². The number of rotatable bonds is 8. The van der Waals surface area contributed by atoms with E-state index in [1.807, 2.05) is 59.7 Å². The maximum Gasteiger partial charge on any atom is 0.242 e. The number of nitrogens with zero attached hydrogens (tertiary/aromatic N) is 2. The molecular weight excluding hydrogens is 332 g/mol. The van der Waals surface area contributed by atoms with E-state index in [-0.39, 0.29) is 24.4 Å². The Hall–Kier alpha value is -2.14. The molecule has 132 valence electrons. The van der Waals surface area contributed by atoms with Gasteiger partial charge in [-0.05, 0) is 29.9 Å². The highest BCUT2D eigenvalue weighted by atomic mass is 32.1. The van der Waals surface area contributed by atoms with E-state index in [0.29, 0.717) is 19.5 Å². The van der Waals surface area contributed by atoms with E-state index in [4.69, 9.17) is 0 Å². The van der Waals surface area contributed by atoms with Gasteiger partial charge in [-0.1, -0.05) is 43.3 Å². The monoisotopic (exact) mass is 356 g/mol. The topological polar surface area (TPSA) is 40.6 Å². The van der Waals surface area contributed by atoms with E-state index >= 15 is 0 Å². The number of thiophene rings is 1. The van der Waals surface area contributed by atoms with Gasteiger partial charge in [0.25, 0.3) is 0 Å². The Labute approximate surface area is 153 Å². The zero-order chi connectivity index (χ0) is 17.6. The van der Waals surface area contributed by atoms with E-state index in [0.717, 1.165) is 23.3 Å². The summed E-state index contributed by atoms with van der Waals surface area (Å²) >= 11 is 1.65. The smallest absolute Gasteiger partial charge is 0.242 e. The van der Waals surface area contributed by atoms with Crippen LogP contribution in [0.25, 0.3) is 0 Å². The molecule has 2 amide bonds. The summed E-state index contributed by atoms with van der Waals surface area (Å²) in [5, 5.41) is 2.03. The van der Waals surface area contributed by atoms with Gasteiger partial charge < -0.3 is 9.80 Å². The number of benzene rings is 1. The van der Waals surface area contributed by atoms with Crippen LogP contribution in [0.4, 0.5) is 0 Å². The predicted molar refractivity (Wildman–Crippen MR) is 100 cm³/mol. The second kappa shape index (κ2) is 8.30. The first kappa shape index (κ1) is 17.7. The third-order valence-corrected chi connectivity index (χ3v) is 5.27. The van der Waals surface area contributed by atoms with Crippen LogP contribution >= 0.6 is 11.3 Å². The number of hydrogen-bond acceptors (Lipinski definition) is 3. The molecule has 1 fully saturated rings. The molecule has 1 saturated carbocycles. The van der Waals surface area contributed by atoms with Crippen LogP contribution in [0.2, 0.25) is 0 Å². The minimum Gasteiger partial charge on any atom is -0.332 e. The van der Waals surface area contributed by atoms with Crippen molar-refractivity contribution in [2.75, 3.05) is 6.54 Å². The van der Waals surface area contributed by atoms with Gasteiger partial charge in [-0.25, -0.2) is 0 Å². The molecular formula is C20H24N2O2S. The van der Waals surface area contributed by atoms with Crippen LogP contribution in [-0.4, -0.2) is 34.2 Å². The Morgan fingerprint density at radius 3 is 2.40 bits per heavy atom. The quantitative estimate of drug-likeness (QED) is 0.724. The highest BCUT2D eigenvalue weighted by Crippen LogP contribution is 2.27. The molecule has 1 aromatic heterocycles.